The van der Waals surface area contributed by atoms with Crippen molar-refractivity contribution in [3.05, 3.63) is 75.8 Å². The molecule has 1 saturated carbocycles. The van der Waals surface area contributed by atoms with Crippen molar-refractivity contribution in [3.8, 4) is 0 Å². The van der Waals surface area contributed by atoms with Crippen molar-refractivity contribution in [3.63, 3.8) is 0 Å². The molecule has 3 atom stereocenters. The van der Waals surface area contributed by atoms with Gasteiger partial charge in [-0.3, -0.25) is 19.3 Å². The Hall–Kier alpha value is -2.72. The summed E-state index contributed by atoms with van der Waals surface area (Å²) in [6.07, 6.45) is 0.103. The molecule has 5 heteroatoms. The van der Waals surface area contributed by atoms with Gasteiger partial charge in [0.1, 0.15) is 0 Å². The van der Waals surface area contributed by atoms with Crippen LogP contribution < -0.4 is 0 Å². The summed E-state index contributed by atoms with van der Waals surface area (Å²) in [4.78, 5) is 40.7. The van der Waals surface area contributed by atoms with E-state index in [0.717, 1.165) is 22.3 Å². The van der Waals surface area contributed by atoms with Gasteiger partial charge in [-0.05, 0) is 41.3 Å². The molecule has 1 aliphatic heterocycles. The molecule has 0 aromatic heterocycles. The second-order valence-electron chi connectivity index (χ2n) is 7.76. The highest BCUT2D eigenvalue weighted by atomic mass is 35.5. The molecular formula is C23H18ClNO3. The fraction of sp³-hybridized carbons (Fsp3) is 0.261. The fourth-order valence-corrected chi connectivity index (χ4v) is 5.24. The number of allylic oxidation sites excluding steroid dienone is 2. The molecule has 0 N–H and O–H groups in total. The molecule has 0 spiro atoms. The lowest BCUT2D eigenvalue weighted by Crippen LogP contribution is -2.34. The molecule has 140 valence electrons. The zero-order chi connectivity index (χ0) is 19.6. The van der Waals surface area contributed by atoms with Crippen molar-refractivity contribution in [2.75, 3.05) is 0 Å². The molecule has 2 aliphatic carbocycles. The number of hydrogen-bond donors (Lipinski definition) is 0. The molecule has 28 heavy (non-hydrogen) atoms. The predicted octanol–water partition coefficient (Wildman–Crippen LogP) is 3.98. The van der Waals surface area contributed by atoms with Gasteiger partial charge in [0.15, 0.2) is 5.78 Å². The first-order valence-corrected chi connectivity index (χ1v) is 9.78. The summed E-state index contributed by atoms with van der Waals surface area (Å²) in [7, 11) is 0. The normalized spacial score (nSPS) is 25.9. The molecule has 2 fully saturated rings. The number of halogens is 1. The summed E-state index contributed by atoms with van der Waals surface area (Å²) < 4.78 is 0. The van der Waals surface area contributed by atoms with E-state index in [2.05, 4.69) is 0 Å². The van der Waals surface area contributed by atoms with Crippen LogP contribution in [0, 0.1) is 11.8 Å². The van der Waals surface area contributed by atoms with E-state index in [1.54, 1.807) is 6.07 Å². The Morgan fingerprint density at radius 1 is 1.04 bits per heavy atom. The summed E-state index contributed by atoms with van der Waals surface area (Å²) in [5, 5.41) is 0.570. The Labute approximate surface area is 167 Å². The average molecular weight is 392 g/mol. The highest BCUT2D eigenvalue weighted by molar-refractivity contribution is 6.30. The minimum absolute atomic E-state index is 0.0289. The maximum Gasteiger partial charge on any atom is 0.234 e. The lowest BCUT2D eigenvalue weighted by atomic mass is 9.69. The third-order valence-corrected chi connectivity index (χ3v) is 6.52. The Morgan fingerprint density at radius 3 is 2.54 bits per heavy atom. The first-order valence-electron chi connectivity index (χ1n) is 9.40. The standard InChI is InChI=1S/C23H18ClNO3/c1-12-15-8-7-14(24)9-16(15)20-19(12)18(26)10-17-21(20)23(28)25(22(17)27)11-13-5-3-2-4-6-13/h2-9,17,20-21H,10-11H2,1H3/t17-,20+,21-/m1/s1. The summed E-state index contributed by atoms with van der Waals surface area (Å²) >= 11 is 6.22. The van der Waals surface area contributed by atoms with E-state index in [9.17, 15) is 14.4 Å². The van der Waals surface area contributed by atoms with Gasteiger partial charge >= 0.3 is 0 Å². The van der Waals surface area contributed by atoms with Crippen molar-refractivity contribution < 1.29 is 14.4 Å². The summed E-state index contributed by atoms with van der Waals surface area (Å²) in [6, 6.07) is 15.0. The molecule has 0 radical (unpaired) electrons. The van der Waals surface area contributed by atoms with Crippen LogP contribution in [0.2, 0.25) is 5.02 Å². The van der Waals surface area contributed by atoms with E-state index in [0.29, 0.717) is 10.6 Å². The van der Waals surface area contributed by atoms with Crippen LogP contribution in [-0.4, -0.2) is 22.5 Å². The second-order valence-corrected chi connectivity index (χ2v) is 8.19. The van der Waals surface area contributed by atoms with E-state index < -0.39 is 11.8 Å². The van der Waals surface area contributed by atoms with E-state index in [1.165, 1.54) is 4.90 Å². The number of rotatable bonds is 2. The summed E-state index contributed by atoms with van der Waals surface area (Å²) in [5.41, 5.74) is 4.34. The zero-order valence-corrected chi connectivity index (χ0v) is 16.1. The smallest absolute Gasteiger partial charge is 0.234 e. The van der Waals surface area contributed by atoms with Crippen LogP contribution >= 0.6 is 11.6 Å². The largest absolute Gasteiger partial charge is 0.294 e. The third-order valence-electron chi connectivity index (χ3n) is 6.28. The maximum atomic E-state index is 13.3. The lowest BCUT2D eigenvalue weighted by Gasteiger charge is -2.30. The number of benzene rings is 2. The van der Waals surface area contributed by atoms with Gasteiger partial charge in [-0.15, -0.1) is 0 Å². The van der Waals surface area contributed by atoms with Gasteiger partial charge in [-0.2, -0.15) is 0 Å². The van der Waals surface area contributed by atoms with Gasteiger partial charge in [0, 0.05) is 22.9 Å². The number of ketones is 1. The second kappa shape index (κ2) is 6.14. The predicted molar refractivity (Wildman–Crippen MR) is 105 cm³/mol. The lowest BCUT2D eigenvalue weighted by molar-refractivity contribution is -0.140. The molecular weight excluding hydrogens is 374 g/mol. The number of fused-ring (bicyclic) bond motifs is 5. The van der Waals surface area contributed by atoms with Crippen molar-refractivity contribution in [2.45, 2.75) is 25.8 Å². The number of carbonyl (C=O) groups excluding carboxylic acids is 3. The van der Waals surface area contributed by atoms with Crippen LogP contribution in [-0.2, 0) is 20.9 Å². The minimum Gasteiger partial charge on any atom is -0.294 e. The molecule has 5 rings (SSSR count). The molecule has 2 amide bonds. The van der Waals surface area contributed by atoms with Crippen LogP contribution in [0.4, 0.5) is 0 Å². The van der Waals surface area contributed by atoms with E-state index >= 15 is 0 Å². The first kappa shape index (κ1) is 17.4. The van der Waals surface area contributed by atoms with Gasteiger partial charge in [0.2, 0.25) is 11.8 Å². The average Bonchev–Trinajstić information content (AvgIpc) is 3.10. The van der Waals surface area contributed by atoms with Crippen molar-refractivity contribution >= 4 is 34.8 Å². The van der Waals surface area contributed by atoms with Crippen LogP contribution in [0.3, 0.4) is 0 Å². The maximum absolute atomic E-state index is 13.3. The summed E-state index contributed by atoms with van der Waals surface area (Å²) in [6.45, 7) is 2.16. The molecule has 2 aromatic carbocycles. The molecule has 0 bridgehead atoms. The Morgan fingerprint density at radius 2 is 1.79 bits per heavy atom. The Bertz CT molecular complexity index is 1070. The topological polar surface area (TPSA) is 54.5 Å². The number of nitrogens with zero attached hydrogens (tertiary/aromatic N) is 1. The Balaban J connectivity index is 1.59. The number of likely N-dealkylation sites (tertiary alicyclic amines) is 1. The quantitative estimate of drug-likeness (QED) is 0.727. The van der Waals surface area contributed by atoms with E-state index in [4.69, 9.17) is 11.6 Å². The van der Waals surface area contributed by atoms with E-state index in [-0.39, 0.29) is 36.5 Å². The van der Waals surface area contributed by atoms with Gasteiger partial charge in [0.25, 0.3) is 0 Å². The first-order chi connectivity index (χ1) is 13.5. The molecule has 2 aromatic rings. The van der Waals surface area contributed by atoms with Gasteiger partial charge < -0.3 is 0 Å². The minimum atomic E-state index is -0.588. The molecule has 1 saturated heterocycles. The SMILES string of the molecule is CC1=C2C(=O)C[C@H]3C(=O)N(Cc4ccccc4)C(=O)[C@H]3[C@H]2c2cc(Cl)ccc21. The highest BCUT2D eigenvalue weighted by Gasteiger charge is 2.58. The van der Waals surface area contributed by atoms with Crippen molar-refractivity contribution in [1.29, 1.82) is 0 Å². The third kappa shape index (κ3) is 2.34. The molecule has 4 nitrogen and oxygen atoms in total. The monoisotopic (exact) mass is 391 g/mol. The Kier molecular flexibility index (Phi) is 3.81. The fourth-order valence-electron chi connectivity index (χ4n) is 5.06. The summed E-state index contributed by atoms with van der Waals surface area (Å²) in [5.74, 6) is -1.95. The molecule has 0 unspecified atom stereocenters. The van der Waals surface area contributed by atoms with Crippen LogP contribution in [0.5, 0.6) is 0 Å². The number of carbonyl (C=O) groups is 3. The van der Waals surface area contributed by atoms with Gasteiger partial charge in [0.05, 0.1) is 18.4 Å². The van der Waals surface area contributed by atoms with Crippen molar-refractivity contribution in [2.24, 2.45) is 11.8 Å². The van der Waals surface area contributed by atoms with Crippen molar-refractivity contribution in [1.82, 2.24) is 4.90 Å². The number of hydrogen-bond acceptors (Lipinski definition) is 3. The van der Waals surface area contributed by atoms with Crippen LogP contribution in [0.1, 0.15) is 36.0 Å². The molecule has 1 heterocycles. The van der Waals surface area contributed by atoms with Crippen LogP contribution in [0.25, 0.3) is 5.57 Å². The number of amides is 2. The number of Topliss-reactive ketones (excluding diaryl/α,β-unsaturated/α-hetero) is 1. The number of imide groups is 1. The van der Waals surface area contributed by atoms with E-state index in [1.807, 2.05) is 49.4 Å². The molecule has 3 aliphatic rings. The highest BCUT2D eigenvalue weighted by Crippen LogP contribution is 2.55. The zero-order valence-electron chi connectivity index (χ0n) is 15.3. The van der Waals surface area contributed by atoms with Crippen LogP contribution in [0.15, 0.2) is 54.1 Å². The van der Waals surface area contributed by atoms with Gasteiger partial charge in [-0.25, -0.2) is 0 Å². The van der Waals surface area contributed by atoms with Gasteiger partial charge in [-0.1, -0.05) is 48.0 Å².